The molecule has 0 atom stereocenters. The highest BCUT2D eigenvalue weighted by molar-refractivity contribution is 5.68. The third-order valence-electron chi connectivity index (χ3n) is 2.49. The molecule has 0 aliphatic heterocycles. The summed E-state index contributed by atoms with van der Waals surface area (Å²) in [5.41, 5.74) is -0.447. The Bertz CT molecular complexity index is 444. The number of hydrogen-bond acceptors (Lipinski definition) is 4. The van der Waals surface area contributed by atoms with E-state index in [4.69, 9.17) is 4.74 Å². The molecular weight excluding hydrogens is 244 g/mol. The summed E-state index contributed by atoms with van der Waals surface area (Å²) in [6.45, 7) is 13.3. The van der Waals surface area contributed by atoms with Crippen molar-refractivity contribution in [2.24, 2.45) is 0 Å². The van der Waals surface area contributed by atoms with Gasteiger partial charge in [-0.1, -0.05) is 5.21 Å². The summed E-state index contributed by atoms with van der Waals surface area (Å²) >= 11 is 0. The fraction of sp³-hybridized carbons (Fsp3) is 0.769. The average Bonchev–Trinajstić information content (AvgIpc) is 2.61. The molecule has 1 rings (SSSR count). The van der Waals surface area contributed by atoms with E-state index in [0.29, 0.717) is 5.69 Å². The molecule has 6 nitrogen and oxygen atoms in total. The SMILES string of the molecule is CC(C)n1cc(C(C)(C)NC(=O)OC(C)(C)C)nn1. The maximum Gasteiger partial charge on any atom is 0.408 e. The molecule has 0 bridgehead atoms. The van der Waals surface area contributed by atoms with Crippen LogP contribution in [0, 0.1) is 0 Å². The number of nitrogens with zero attached hydrogens (tertiary/aromatic N) is 3. The van der Waals surface area contributed by atoms with Crippen LogP contribution in [0.25, 0.3) is 0 Å². The van der Waals surface area contributed by atoms with Gasteiger partial charge in [0.15, 0.2) is 0 Å². The summed E-state index contributed by atoms with van der Waals surface area (Å²) in [6.07, 6.45) is 1.37. The van der Waals surface area contributed by atoms with E-state index >= 15 is 0 Å². The lowest BCUT2D eigenvalue weighted by Crippen LogP contribution is -2.44. The van der Waals surface area contributed by atoms with Crippen molar-refractivity contribution >= 4 is 6.09 Å². The van der Waals surface area contributed by atoms with Gasteiger partial charge in [0.2, 0.25) is 0 Å². The third-order valence-corrected chi connectivity index (χ3v) is 2.49. The molecule has 1 amide bonds. The smallest absolute Gasteiger partial charge is 0.408 e. The maximum atomic E-state index is 11.8. The van der Waals surface area contributed by atoms with Crippen molar-refractivity contribution in [2.75, 3.05) is 0 Å². The number of ether oxygens (including phenoxy) is 1. The molecule has 0 saturated heterocycles. The van der Waals surface area contributed by atoms with Gasteiger partial charge < -0.3 is 10.1 Å². The zero-order valence-corrected chi connectivity index (χ0v) is 12.8. The first-order valence-electron chi connectivity index (χ1n) is 6.45. The molecule has 0 aromatic carbocycles. The number of aromatic nitrogens is 3. The Hall–Kier alpha value is -1.59. The summed E-state index contributed by atoms with van der Waals surface area (Å²) in [4.78, 5) is 11.8. The Kier molecular flexibility index (Phi) is 4.22. The van der Waals surface area contributed by atoms with Crippen LogP contribution in [0.4, 0.5) is 4.79 Å². The molecule has 19 heavy (non-hydrogen) atoms. The van der Waals surface area contributed by atoms with Crippen molar-refractivity contribution in [1.29, 1.82) is 0 Å². The molecule has 108 valence electrons. The van der Waals surface area contributed by atoms with Crippen LogP contribution in [-0.4, -0.2) is 26.7 Å². The van der Waals surface area contributed by atoms with Crippen LogP contribution < -0.4 is 5.32 Å². The number of carbonyl (C=O) groups excluding carboxylic acids is 1. The Morgan fingerprint density at radius 2 is 1.89 bits per heavy atom. The van der Waals surface area contributed by atoms with Crippen molar-refractivity contribution in [1.82, 2.24) is 20.3 Å². The standard InChI is InChI=1S/C13H24N4O2/c1-9(2)17-8-10(15-16-17)13(6,7)14-11(18)19-12(3,4)5/h8-9H,1-7H3,(H,14,18). The Balaban J connectivity index is 2.77. The average molecular weight is 268 g/mol. The molecule has 0 aliphatic rings. The second-order valence-corrected chi connectivity index (χ2v) is 6.43. The number of rotatable bonds is 3. The van der Waals surface area contributed by atoms with Crippen LogP contribution in [0.1, 0.15) is 60.2 Å². The molecule has 0 spiro atoms. The lowest BCUT2D eigenvalue weighted by atomic mass is 10.0. The van der Waals surface area contributed by atoms with Crippen LogP contribution in [0.15, 0.2) is 6.20 Å². The minimum atomic E-state index is -0.629. The van der Waals surface area contributed by atoms with E-state index in [9.17, 15) is 4.79 Å². The van der Waals surface area contributed by atoms with Gasteiger partial charge in [-0.25, -0.2) is 9.48 Å². The van der Waals surface area contributed by atoms with Gasteiger partial charge in [0, 0.05) is 6.04 Å². The lowest BCUT2D eigenvalue weighted by molar-refractivity contribution is 0.0468. The molecule has 1 aromatic heterocycles. The van der Waals surface area contributed by atoms with Crippen LogP contribution in [-0.2, 0) is 10.3 Å². The van der Waals surface area contributed by atoms with Crippen molar-refractivity contribution in [3.05, 3.63) is 11.9 Å². The number of amides is 1. The van der Waals surface area contributed by atoms with Gasteiger partial charge in [-0.05, 0) is 48.5 Å². The normalized spacial score (nSPS) is 12.6. The zero-order chi connectivity index (χ0) is 14.8. The van der Waals surface area contributed by atoms with Crippen LogP contribution in [0.5, 0.6) is 0 Å². The van der Waals surface area contributed by atoms with Gasteiger partial charge >= 0.3 is 6.09 Å². The predicted molar refractivity (Wildman–Crippen MR) is 72.8 cm³/mol. The lowest BCUT2D eigenvalue weighted by Gasteiger charge is -2.26. The summed E-state index contributed by atoms with van der Waals surface area (Å²) in [7, 11) is 0. The minimum absolute atomic E-state index is 0.235. The first-order valence-corrected chi connectivity index (χ1v) is 6.45. The van der Waals surface area contributed by atoms with Crippen LogP contribution >= 0.6 is 0 Å². The first-order chi connectivity index (χ1) is 8.51. The van der Waals surface area contributed by atoms with E-state index in [-0.39, 0.29) is 6.04 Å². The topological polar surface area (TPSA) is 69.0 Å². The van der Waals surface area contributed by atoms with Gasteiger partial charge in [-0.15, -0.1) is 5.10 Å². The Morgan fingerprint density at radius 3 is 2.32 bits per heavy atom. The molecule has 0 radical (unpaired) electrons. The molecule has 6 heteroatoms. The molecule has 1 aromatic rings. The van der Waals surface area contributed by atoms with E-state index in [2.05, 4.69) is 15.6 Å². The monoisotopic (exact) mass is 268 g/mol. The van der Waals surface area contributed by atoms with E-state index in [1.807, 2.05) is 54.7 Å². The second kappa shape index (κ2) is 5.19. The highest BCUT2D eigenvalue weighted by atomic mass is 16.6. The summed E-state index contributed by atoms with van der Waals surface area (Å²) < 4.78 is 7.00. The largest absolute Gasteiger partial charge is 0.444 e. The first kappa shape index (κ1) is 15.5. The fourth-order valence-electron chi connectivity index (χ4n) is 1.44. The highest BCUT2D eigenvalue weighted by Crippen LogP contribution is 2.19. The predicted octanol–water partition coefficient (Wildman–Crippen LogP) is 2.62. The summed E-state index contributed by atoms with van der Waals surface area (Å²) in [5, 5.41) is 10.9. The van der Waals surface area contributed by atoms with Crippen molar-refractivity contribution in [3.63, 3.8) is 0 Å². The molecule has 0 unspecified atom stereocenters. The molecule has 0 fully saturated rings. The van der Waals surface area contributed by atoms with Gasteiger partial charge in [0.25, 0.3) is 0 Å². The van der Waals surface area contributed by atoms with E-state index in [1.165, 1.54) is 0 Å². The summed E-state index contributed by atoms with van der Waals surface area (Å²) in [6, 6.07) is 0.235. The molecule has 1 heterocycles. The minimum Gasteiger partial charge on any atom is -0.444 e. The maximum absolute atomic E-state index is 11.8. The molecule has 0 aliphatic carbocycles. The van der Waals surface area contributed by atoms with Crippen LogP contribution in [0.2, 0.25) is 0 Å². The summed E-state index contributed by atoms with van der Waals surface area (Å²) in [5.74, 6) is 0. The van der Waals surface area contributed by atoms with Crippen LogP contribution in [0.3, 0.4) is 0 Å². The third kappa shape index (κ3) is 4.54. The molecule has 0 saturated carbocycles. The quantitative estimate of drug-likeness (QED) is 0.915. The number of alkyl carbamates (subject to hydrolysis) is 1. The van der Waals surface area contributed by atoms with Crippen molar-refractivity contribution in [2.45, 2.75) is 65.6 Å². The highest BCUT2D eigenvalue weighted by Gasteiger charge is 2.29. The number of hydrogen-bond donors (Lipinski definition) is 1. The molecule has 1 N–H and O–H groups in total. The Labute approximate surface area is 114 Å². The fourth-order valence-corrected chi connectivity index (χ4v) is 1.44. The van der Waals surface area contributed by atoms with Crippen molar-refractivity contribution in [3.8, 4) is 0 Å². The molecular formula is C13H24N4O2. The van der Waals surface area contributed by atoms with E-state index < -0.39 is 17.2 Å². The van der Waals surface area contributed by atoms with Gasteiger partial charge in [-0.3, -0.25) is 0 Å². The van der Waals surface area contributed by atoms with E-state index in [1.54, 1.807) is 4.68 Å². The van der Waals surface area contributed by atoms with Gasteiger partial charge in [0.05, 0.1) is 11.7 Å². The number of nitrogens with one attached hydrogen (secondary N) is 1. The van der Waals surface area contributed by atoms with E-state index in [0.717, 1.165) is 0 Å². The van der Waals surface area contributed by atoms with Crippen molar-refractivity contribution < 1.29 is 9.53 Å². The number of carbonyl (C=O) groups is 1. The second-order valence-electron chi connectivity index (χ2n) is 6.43. The van der Waals surface area contributed by atoms with Gasteiger partial charge in [-0.2, -0.15) is 0 Å². The Morgan fingerprint density at radius 1 is 1.32 bits per heavy atom. The van der Waals surface area contributed by atoms with Gasteiger partial charge in [0.1, 0.15) is 11.3 Å². The zero-order valence-electron chi connectivity index (χ0n) is 12.8.